The van der Waals surface area contributed by atoms with Crippen LogP contribution in [0.3, 0.4) is 0 Å². The van der Waals surface area contributed by atoms with Crippen molar-refractivity contribution < 1.29 is 0 Å². The zero-order valence-electron chi connectivity index (χ0n) is 11.2. The predicted molar refractivity (Wildman–Crippen MR) is 87.0 cm³/mol. The first kappa shape index (κ1) is 13.4. The number of aromatic nitrogens is 1. The lowest BCUT2D eigenvalue weighted by Gasteiger charge is -2.28. The van der Waals surface area contributed by atoms with Crippen LogP contribution < -0.4 is 5.32 Å². The number of thiazole rings is 1. The van der Waals surface area contributed by atoms with E-state index < -0.39 is 0 Å². The number of rotatable bonds is 3. The van der Waals surface area contributed by atoms with E-state index in [1.807, 2.05) is 0 Å². The minimum absolute atomic E-state index is 0.532. The zero-order valence-corrected chi connectivity index (χ0v) is 13.6. The summed E-state index contributed by atoms with van der Waals surface area (Å²) in [6.45, 7) is 2.30. The topological polar surface area (TPSA) is 24.9 Å². The van der Waals surface area contributed by atoms with Gasteiger partial charge in [0.25, 0.3) is 0 Å². The van der Waals surface area contributed by atoms with E-state index in [-0.39, 0.29) is 0 Å². The van der Waals surface area contributed by atoms with Crippen LogP contribution in [0.5, 0.6) is 0 Å². The molecule has 1 unspecified atom stereocenters. The second-order valence-corrected chi connectivity index (χ2v) is 7.41. The number of anilines is 1. The molecule has 0 bridgehead atoms. The normalized spacial score (nSPS) is 18.6. The third-order valence-corrected chi connectivity index (χ3v) is 5.52. The van der Waals surface area contributed by atoms with Crippen LogP contribution >= 0.6 is 27.3 Å². The lowest BCUT2D eigenvalue weighted by Crippen LogP contribution is -2.27. The quantitative estimate of drug-likeness (QED) is 0.805. The van der Waals surface area contributed by atoms with Gasteiger partial charge in [-0.3, -0.25) is 0 Å². The summed E-state index contributed by atoms with van der Waals surface area (Å²) < 4.78 is 2.35. The molecule has 1 fully saturated rings. The monoisotopic (exact) mass is 338 g/mol. The van der Waals surface area contributed by atoms with E-state index in [4.69, 9.17) is 0 Å². The van der Waals surface area contributed by atoms with Crippen molar-refractivity contribution in [3.8, 4) is 0 Å². The summed E-state index contributed by atoms with van der Waals surface area (Å²) in [7, 11) is 0. The van der Waals surface area contributed by atoms with Crippen molar-refractivity contribution in [3.63, 3.8) is 0 Å². The van der Waals surface area contributed by atoms with E-state index in [1.54, 1.807) is 11.3 Å². The van der Waals surface area contributed by atoms with Gasteiger partial charge >= 0.3 is 0 Å². The highest BCUT2D eigenvalue weighted by Crippen LogP contribution is 2.31. The summed E-state index contributed by atoms with van der Waals surface area (Å²) in [4.78, 5) is 4.69. The molecule has 2 aromatic rings. The number of nitrogens with zero attached hydrogens (tertiary/aromatic N) is 1. The minimum Gasteiger partial charge on any atom is -0.359 e. The Morgan fingerprint density at radius 1 is 1.32 bits per heavy atom. The van der Waals surface area contributed by atoms with Crippen LogP contribution in [0.2, 0.25) is 0 Å². The molecule has 1 N–H and O–H groups in total. The predicted octanol–water partition coefficient (Wildman–Crippen LogP) is 5.44. The maximum Gasteiger partial charge on any atom is 0.184 e. The number of hydrogen-bond donors (Lipinski definition) is 1. The molecule has 1 atom stereocenters. The van der Waals surface area contributed by atoms with Crippen LogP contribution in [0.4, 0.5) is 5.13 Å². The molecule has 0 spiro atoms. The van der Waals surface area contributed by atoms with Crippen molar-refractivity contribution in [1.82, 2.24) is 4.98 Å². The standard InChI is InChI=1S/C15H19BrN2S/c1-10(11-5-3-2-4-6-11)17-15-18-13-9-12(16)7-8-14(13)19-15/h7-11H,2-6H2,1H3,(H,17,18). The van der Waals surface area contributed by atoms with Crippen LogP contribution in [0, 0.1) is 5.92 Å². The number of halogens is 1. The largest absolute Gasteiger partial charge is 0.359 e. The van der Waals surface area contributed by atoms with Crippen molar-refractivity contribution in [1.29, 1.82) is 0 Å². The lowest BCUT2D eigenvalue weighted by molar-refractivity contribution is 0.328. The second-order valence-electron chi connectivity index (χ2n) is 5.46. The highest BCUT2D eigenvalue weighted by atomic mass is 79.9. The first-order valence-electron chi connectivity index (χ1n) is 7.05. The molecule has 2 nitrogen and oxygen atoms in total. The summed E-state index contributed by atoms with van der Waals surface area (Å²) in [6, 6.07) is 6.83. The highest BCUT2D eigenvalue weighted by Gasteiger charge is 2.20. The highest BCUT2D eigenvalue weighted by molar-refractivity contribution is 9.10. The molecule has 1 aliphatic rings. The van der Waals surface area contributed by atoms with Gasteiger partial charge in [-0.15, -0.1) is 0 Å². The van der Waals surface area contributed by atoms with Gasteiger partial charge in [-0.2, -0.15) is 0 Å². The average Bonchev–Trinajstić information content (AvgIpc) is 2.81. The van der Waals surface area contributed by atoms with Gasteiger partial charge in [0.05, 0.1) is 10.2 Å². The molecule has 4 heteroatoms. The van der Waals surface area contributed by atoms with E-state index in [1.165, 1.54) is 36.8 Å². The van der Waals surface area contributed by atoms with Gasteiger partial charge in [0, 0.05) is 10.5 Å². The van der Waals surface area contributed by atoms with Crippen molar-refractivity contribution in [3.05, 3.63) is 22.7 Å². The summed E-state index contributed by atoms with van der Waals surface area (Å²) in [5.74, 6) is 0.812. The van der Waals surface area contributed by atoms with Crippen molar-refractivity contribution in [2.75, 3.05) is 5.32 Å². The van der Waals surface area contributed by atoms with Crippen molar-refractivity contribution in [2.24, 2.45) is 5.92 Å². The summed E-state index contributed by atoms with van der Waals surface area (Å²) in [5, 5.41) is 4.67. The smallest absolute Gasteiger partial charge is 0.184 e. The molecule has 1 aromatic carbocycles. The van der Waals surface area contributed by atoms with Crippen LogP contribution in [0.15, 0.2) is 22.7 Å². The second kappa shape index (κ2) is 5.80. The Morgan fingerprint density at radius 2 is 2.11 bits per heavy atom. The fourth-order valence-electron chi connectivity index (χ4n) is 2.91. The molecule has 0 aliphatic heterocycles. The number of fused-ring (bicyclic) bond motifs is 1. The van der Waals surface area contributed by atoms with Crippen LogP contribution in [0.25, 0.3) is 10.2 Å². The van der Waals surface area contributed by atoms with E-state index in [2.05, 4.69) is 51.4 Å². The summed E-state index contributed by atoms with van der Waals surface area (Å²) >= 11 is 5.25. The first-order chi connectivity index (χ1) is 9.22. The fourth-order valence-corrected chi connectivity index (χ4v) is 4.20. The number of hydrogen-bond acceptors (Lipinski definition) is 3. The Bertz CT molecular complexity index is 560. The maximum atomic E-state index is 4.69. The molecule has 102 valence electrons. The lowest BCUT2D eigenvalue weighted by atomic mass is 9.85. The van der Waals surface area contributed by atoms with E-state index in [0.29, 0.717) is 6.04 Å². The first-order valence-corrected chi connectivity index (χ1v) is 8.66. The average molecular weight is 339 g/mol. The van der Waals surface area contributed by atoms with Crippen LogP contribution in [-0.4, -0.2) is 11.0 Å². The van der Waals surface area contributed by atoms with Gasteiger partial charge in [0.15, 0.2) is 5.13 Å². The molecule has 1 aliphatic carbocycles. The van der Waals surface area contributed by atoms with Gasteiger partial charge in [0.1, 0.15) is 0 Å². The maximum absolute atomic E-state index is 4.69. The number of benzene rings is 1. The van der Waals surface area contributed by atoms with E-state index >= 15 is 0 Å². The Labute approximate surface area is 126 Å². The minimum atomic E-state index is 0.532. The Hall–Kier alpha value is -0.610. The molecule has 0 saturated heterocycles. The van der Waals surface area contributed by atoms with Gasteiger partial charge in [-0.25, -0.2) is 4.98 Å². The Morgan fingerprint density at radius 3 is 2.89 bits per heavy atom. The Balaban J connectivity index is 1.73. The molecule has 0 amide bonds. The molecule has 19 heavy (non-hydrogen) atoms. The number of nitrogens with one attached hydrogen (secondary N) is 1. The zero-order chi connectivity index (χ0) is 13.2. The molecule has 3 rings (SSSR count). The Kier molecular flexibility index (Phi) is 4.08. The van der Waals surface area contributed by atoms with Crippen molar-refractivity contribution >= 4 is 42.6 Å². The van der Waals surface area contributed by atoms with Gasteiger partial charge in [-0.05, 0) is 43.9 Å². The summed E-state index contributed by atoms with van der Waals surface area (Å²) in [5.41, 5.74) is 1.08. The van der Waals surface area contributed by atoms with E-state index in [9.17, 15) is 0 Å². The SMILES string of the molecule is CC(Nc1nc2cc(Br)ccc2s1)C1CCCCC1. The molecular formula is C15H19BrN2S. The summed E-state index contributed by atoms with van der Waals surface area (Å²) in [6.07, 6.45) is 6.93. The van der Waals surface area contributed by atoms with Crippen LogP contribution in [0.1, 0.15) is 39.0 Å². The molecule has 1 heterocycles. The van der Waals surface area contributed by atoms with Crippen molar-refractivity contribution in [2.45, 2.75) is 45.1 Å². The third kappa shape index (κ3) is 3.11. The molecule has 1 saturated carbocycles. The molecular weight excluding hydrogens is 320 g/mol. The fraction of sp³-hybridized carbons (Fsp3) is 0.533. The van der Waals surface area contributed by atoms with Crippen LogP contribution in [-0.2, 0) is 0 Å². The van der Waals surface area contributed by atoms with Gasteiger partial charge in [-0.1, -0.05) is 46.5 Å². The molecule has 0 radical (unpaired) electrons. The molecule has 1 aromatic heterocycles. The third-order valence-electron chi connectivity index (χ3n) is 4.06. The van der Waals surface area contributed by atoms with Gasteiger partial charge in [0.2, 0.25) is 0 Å². The van der Waals surface area contributed by atoms with Gasteiger partial charge < -0.3 is 5.32 Å². The van der Waals surface area contributed by atoms with E-state index in [0.717, 1.165) is 21.0 Å².